The van der Waals surface area contributed by atoms with E-state index < -0.39 is 0 Å². The molecule has 17 heavy (non-hydrogen) atoms. The molecule has 0 fully saturated rings. The molecule has 1 unspecified atom stereocenters. The molecule has 0 saturated carbocycles. The molecule has 0 heterocycles. The summed E-state index contributed by atoms with van der Waals surface area (Å²) in [7, 11) is 0. The van der Waals surface area contributed by atoms with Gasteiger partial charge in [0.2, 0.25) is 0 Å². The van der Waals surface area contributed by atoms with Gasteiger partial charge >= 0.3 is 0 Å². The van der Waals surface area contributed by atoms with Gasteiger partial charge in [-0.05, 0) is 53.1 Å². The summed E-state index contributed by atoms with van der Waals surface area (Å²) in [6, 6.07) is 10.0. The van der Waals surface area contributed by atoms with Crippen molar-refractivity contribution in [3.05, 3.63) is 35.9 Å². The quantitative estimate of drug-likeness (QED) is 0.786. The second-order valence-electron chi connectivity index (χ2n) is 4.40. The molecule has 1 atom stereocenters. The van der Waals surface area contributed by atoms with Gasteiger partial charge in [0.1, 0.15) is 5.75 Å². The summed E-state index contributed by atoms with van der Waals surface area (Å²) in [5.41, 5.74) is 1.26. The second kappa shape index (κ2) is 5.01. The third-order valence-corrected chi connectivity index (χ3v) is 4.10. The maximum Gasteiger partial charge on any atom is 0.116 e. The smallest absolute Gasteiger partial charge is 0.116 e. The van der Waals surface area contributed by atoms with Crippen LogP contribution in [0.4, 0.5) is 0 Å². The van der Waals surface area contributed by atoms with Crippen LogP contribution in [0.25, 0.3) is 10.8 Å². The van der Waals surface area contributed by atoms with Gasteiger partial charge in [-0.15, -0.1) is 11.8 Å². The summed E-state index contributed by atoms with van der Waals surface area (Å²) in [6.07, 6.45) is 3.18. The summed E-state index contributed by atoms with van der Waals surface area (Å²) in [6.45, 7) is 4.40. The molecular formula is C15H18OS. The molecule has 1 N–H and O–H groups in total. The van der Waals surface area contributed by atoms with Gasteiger partial charge in [-0.3, -0.25) is 0 Å². The number of hydrogen-bond donors (Lipinski definition) is 1. The van der Waals surface area contributed by atoms with Crippen LogP contribution in [-0.2, 0) is 0 Å². The van der Waals surface area contributed by atoms with Crippen LogP contribution in [0.15, 0.2) is 35.2 Å². The summed E-state index contributed by atoms with van der Waals surface area (Å²) in [5.74, 6) is 0.837. The molecule has 0 aliphatic heterocycles. The van der Waals surface area contributed by atoms with Crippen molar-refractivity contribution in [1.29, 1.82) is 0 Å². The first-order valence-corrected chi connectivity index (χ1v) is 7.19. The monoisotopic (exact) mass is 246 g/mol. The fourth-order valence-electron chi connectivity index (χ4n) is 2.19. The van der Waals surface area contributed by atoms with E-state index in [1.807, 2.05) is 18.2 Å². The summed E-state index contributed by atoms with van der Waals surface area (Å²) in [5, 5.41) is 12.2. The van der Waals surface area contributed by atoms with Crippen molar-refractivity contribution in [2.24, 2.45) is 0 Å². The SMILES string of the molecule is CCC(C)c1cc(O)cc2cccc(SC)c12. The Morgan fingerprint density at radius 3 is 2.71 bits per heavy atom. The minimum atomic E-state index is 0.367. The maximum absolute atomic E-state index is 9.81. The predicted molar refractivity (Wildman–Crippen MR) is 76.1 cm³/mol. The van der Waals surface area contributed by atoms with Crippen molar-refractivity contribution < 1.29 is 5.11 Å². The zero-order valence-corrected chi connectivity index (χ0v) is 11.3. The highest BCUT2D eigenvalue weighted by Crippen LogP contribution is 2.36. The zero-order valence-electron chi connectivity index (χ0n) is 10.5. The van der Waals surface area contributed by atoms with E-state index in [4.69, 9.17) is 0 Å². The molecular weight excluding hydrogens is 228 g/mol. The van der Waals surface area contributed by atoms with E-state index >= 15 is 0 Å². The Balaban J connectivity index is 2.79. The average molecular weight is 246 g/mol. The lowest BCUT2D eigenvalue weighted by Gasteiger charge is -2.15. The number of thioether (sulfide) groups is 1. The Labute approximate surface area is 107 Å². The van der Waals surface area contributed by atoms with Gasteiger partial charge in [0.05, 0.1) is 0 Å². The summed E-state index contributed by atoms with van der Waals surface area (Å²) in [4.78, 5) is 1.29. The molecule has 0 saturated heterocycles. The normalized spacial score (nSPS) is 12.9. The Hall–Kier alpha value is -1.15. The highest BCUT2D eigenvalue weighted by Gasteiger charge is 2.12. The van der Waals surface area contributed by atoms with Gasteiger partial charge in [-0.1, -0.05) is 26.0 Å². The lowest BCUT2D eigenvalue weighted by atomic mass is 9.92. The fourth-order valence-corrected chi connectivity index (χ4v) is 2.84. The van der Waals surface area contributed by atoms with E-state index in [1.165, 1.54) is 15.8 Å². The first-order valence-electron chi connectivity index (χ1n) is 5.97. The van der Waals surface area contributed by atoms with E-state index in [0.29, 0.717) is 11.7 Å². The molecule has 90 valence electrons. The molecule has 0 radical (unpaired) electrons. The van der Waals surface area contributed by atoms with Crippen LogP contribution < -0.4 is 0 Å². The maximum atomic E-state index is 9.81. The van der Waals surface area contributed by atoms with Gasteiger partial charge in [-0.25, -0.2) is 0 Å². The largest absolute Gasteiger partial charge is 0.508 e. The highest BCUT2D eigenvalue weighted by molar-refractivity contribution is 7.98. The fraction of sp³-hybridized carbons (Fsp3) is 0.333. The standard InChI is InChI=1S/C15H18OS/c1-4-10(2)13-9-12(16)8-11-6-5-7-14(17-3)15(11)13/h5-10,16H,4H2,1-3H3. The van der Waals surface area contributed by atoms with Crippen molar-refractivity contribution >= 4 is 22.5 Å². The van der Waals surface area contributed by atoms with Gasteiger partial charge < -0.3 is 5.11 Å². The first kappa shape index (κ1) is 12.3. The molecule has 0 aliphatic carbocycles. The third kappa shape index (κ3) is 2.27. The minimum Gasteiger partial charge on any atom is -0.508 e. The van der Waals surface area contributed by atoms with Gasteiger partial charge in [-0.2, -0.15) is 0 Å². The van der Waals surface area contributed by atoms with E-state index in [1.54, 1.807) is 11.8 Å². The number of aromatic hydroxyl groups is 1. The highest BCUT2D eigenvalue weighted by atomic mass is 32.2. The predicted octanol–water partition coefficient (Wildman–Crippen LogP) is 4.78. The van der Waals surface area contributed by atoms with Crippen molar-refractivity contribution in [3.63, 3.8) is 0 Å². The lowest BCUT2D eigenvalue weighted by molar-refractivity contribution is 0.474. The molecule has 0 bridgehead atoms. The molecule has 0 aliphatic rings. The van der Waals surface area contributed by atoms with Crippen LogP contribution in [0.2, 0.25) is 0 Å². The topological polar surface area (TPSA) is 20.2 Å². The van der Waals surface area contributed by atoms with Crippen molar-refractivity contribution in [1.82, 2.24) is 0 Å². The van der Waals surface area contributed by atoms with Crippen LogP contribution in [-0.4, -0.2) is 11.4 Å². The van der Waals surface area contributed by atoms with Gasteiger partial charge in [0.15, 0.2) is 0 Å². The number of phenols is 1. The van der Waals surface area contributed by atoms with Crippen LogP contribution >= 0.6 is 11.8 Å². The average Bonchev–Trinajstić information content (AvgIpc) is 2.35. The van der Waals surface area contributed by atoms with E-state index in [9.17, 15) is 5.11 Å². The first-order chi connectivity index (χ1) is 8.17. The van der Waals surface area contributed by atoms with Crippen LogP contribution in [0.5, 0.6) is 5.75 Å². The number of fused-ring (bicyclic) bond motifs is 1. The molecule has 2 heteroatoms. The summed E-state index contributed by atoms with van der Waals surface area (Å²) < 4.78 is 0. The number of rotatable bonds is 3. The molecule has 0 spiro atoms. The van der Waals surface area contributed by atoms with Crippen molar-refractivity contribution in [2.75, 3.05) is 6.26 Å². The zero-order chi connectivity index (χ0) is 12.4. The number of hydrogen-bond acceptors (Lipinski definition) is 2. The number of phenolic OH excluding ortho intramolecular Hbond substituents is 1. The van der Waals surface area contributed by atoms with Crippen molar-refractivity contribution in [2.45, 2.75) is 31.1 Å². The number of benzene rings is 2. The third-order valence-electron chi connectivity index (χ3n) is 3.32. The van der Waals surface area contributed by atoms with Crippen LogP contribution in [0, 0.1) is 0 Å². The molecule has 1 nitrogen and oxygen atoms in total. The van der Waals surface area contributed by atoms with E-state index in [0.717, 1.165) is 11.8 Å². The van der Waals surface area contributed by atoms with E-state index in [2.05, 4.69) is 32.2 Å². The van der Waals surface area contributed by atoms with Gasteiger partial charge in [0.25, 0.3) is 0 Å². The molecule has 0 amide bonds. The Kier molecular flexibility index (Phi) is 3.63. The Morgan fingerprint density at radius 1 is 1.29 bits per heavy atom. The summed E-state index contributed by atoms with van der Waals surface area (Å²) >= 11 is 1.76. The Morgan fingerprint density at radius 2 is 2.06 bits per heavy atom. The molecule has 2 aromatic carbocycles. The van der Waals surface area contributed by atoms with Crippen LogP contribution in [0.1, 0.15) is 31.7 Å². The second-order valence-corrected chi connectivity index (χ2v) is 5.25. The van der Waals surface area contributed by atoms with Crippen molar-refractivity contribution in [3.8, 4) is 5.75 Å². The lowest BCUT2D eigenvalue weighted by Crippen LogP contribution is -1.94. The van der Waals surface area contributed by atoms with E-state index in [-0.39, 0.29) is 0 Å². The van der Waals surface area contributed by atoms with Crippen LogP contribution in [0.3, 0.4) is 0 Å². The van der Waals surface area contributed by atoms with Gasteiger partial charge in [0, 0.05) is 4.90 Å². The molecule has 2 aromatic rings. The molecule has 2 rings (SSSR count). The Bertz CT molecular complexity index is 534. The molecule has 0 aromatic heterocycles. The minimum absolute atomic E-state index is 0.367.